The first-order valence-corrected chi connectivity index (χ1v) is 10.2. The number of nitrogens with zero attached hydrogens (tertiary/aromatic N) is 1. The average molecular weight is 392 g/mol. The first kappa shape index (κ1) is 24.0. The summed E-state index contributed by atoms with van der Waals surface area (Å²) >= 11 is 0. The molecule has 0 radical (unpaired) electrons. The number of benzene rings is 1. The molecule has 0 aliphatic rings. The van der Waals surface area contributed by atoms with E-state index in [9.17, 15) is 9.59 Å². The van der Waals surface area contributed by atoms with Crippen LogP contribution in [0.1, 0.15) is 65.5 Å². The first-order valence-electron chi connectivity index (χ1n) is 10.2. The molecule has 158 valence electrons. The lowest BCUT2D eigenvalue weighted by Gasteiger charge is -2.22. The fourth-order valence-electron chi connectivity index (χ4n) is 2.72. The quantitative estimate of drug-likeness (QED) is 0.636. The van der Waals surface area contributed by atoms with Crippen LogP contribution in [0.3, 0.4) is 0 Å². The van der Waals surface area contributed by atoms with E-state index in [4.69, 9.17) is 4.74 Å². The van der Waals surface area contributed by atoms with E-state index >= 15 is 0 Å². The Morgan fingerprint density at radius 2 is 1.86 bits per heavy atom. The summed E-state index contributed by atoms with van der Waals surface area (Å²) in [5.41, 5.74) is 1.69. The molecule has 0 heterocycles. The third-order valence-electron chi connectivity index (χ3n) is 4.27. The Labute approximate surface area is 170 Å². The summed E-state index contributed by atoms with van der Waals surface area (Å²) in [5.74, 6) is -0.241. The van der Waals surface area contributed by atoms with Gasteiger partial charge in [0.2, 0.25) is 5.91 Å². The summed E-state index contributed by atoms with van der Waals surface area (Å²) in [5, 5.41) is 5.43. The van der Waals surface area contributed by atoms with E-state index in [0.29, 0.717) is 6.54 Å². The molecule has 1 aromatic rings. The number of alkyl carbamates (subject to hydrolysis) is 1. The van der Waals surface area contributed by atoms with Crippen molar-refractivity contribution in [1.82, 2.24) is 15.5 Å². The van der Waals surface area contributed by atoms with Crippen LogP contribution in [0.4, 0.5) is 4.79 Å². The van der Waals surface area contributed by atoms with Crippen molar-refractivity contribution in [3.8, 4) is 0 Å². The second kappa shape index (κ2) is 11.7. The maximum absolute atomic E-state index is 12.3. The van der Waals surface area contributed by atoms with Crippen molar-refractivity contribution >= 4 is 12.0 Å². The molecule has 0 spiro atoms. The number of amides is 2. The van der Waals surface area contributed by atoms with Crippen molar-refractivity contribution in [3.63, 3.8) is 0 Å². The van der Waals surface area contributed by atoms with Crippen molar-refractivity contribution in [1.29, 1.82) is 0 Å². The van der Waals surface area contributed by atoms with Gasteiger partial charge < -0.3 is 15.4 Å². The van der Waals surface area contributed by atoms with Crippen molar-refractivity contribution in [2.24, 2.45) is 0 Å². The molecule has 0 saturated heterocycles. The van der Waals surface area contributed by atoms with E-state index in [0.717, 1.165) is 25.2 Å². The molecular weight excluding hydrogens is 354 g/mol. The van der Waals surface area contributed by atoms with Crippen LogP contribution in [-0.2, 0) is 22.6 Å². The van der Waals surface area contributed by atoms with Gasteiger partial charge in [0.1, 0.15) is 11.6 Å². The third-order valence-corrected chi connectivity index (χ3v) is 4.27. The molecule has 2 N–H and O–H groups in total. The first-order chi connectivity index (χ1) is 13.1. The summed E-state index contributed by atoms with van der Waals surface area (Å²) in [7, 11) is 0. The Hall–Kier alpha value is -2.08. The summed E-state index contributed by atoms with van der Waals surface area (Å²) in [6.07, 6.45) is 1.80. The van der Waals surface area contributed by atoms with E-state index in [1.807, 2.05) is 12.1 Å². The monoisotopic (exact) mass is 391 g/mol. The molecule has 6 nitrogen and oxygen atoms in total. The fraction of sp³-hybridized carbons (Fsp3) is 0.636. The van der Waals surface area contributed by atoms with Gasteiger partial charge in [-0.2, -0.15) is 0 Å². The zero-order valence-corrected chi connectivity index (χ0v) is 18.3. The Kier molecular flexibility index (Phi) is 10.0. The maximum Gasteiger partial charge on any atom is 0.408 e. The lowest BCUT2D eigenvalue weighted by Crippen LogP contribution is -2.46. The molecule has 1 rings (SSSR count). The van der Waals surface area contributed by atoms with Gasteiger partial charge in [-0.3, -0.25) is 9.69 Å². The molecule has 0 fully saturated rings. The van der Waals surface area contributed by atoms with Gasteiger partial charge in [-0.25, -0.2) is 4.79 Å². The molecule has 1 aromatic carbocycles. The molecule has 0 aromatic heterocycles. The summed E-state index contributed by atoms with van der Waals surface area (Å²) < 4.78 is 5.18. The van der Waals surface area contributed by atoms with Crippen LogP contribution >= 0.6 is 0 Å². The van der Waals surface area contributed by atoms with Gasteiger partial charge >= 0.3 is 6.09 Å². The van der Waals surface area contributed by atoms with Gasteiger partial charge in [0.25, 0.3) is 0 Å². The van der Waals surface area contributed by atoms with Gasteiger partial charge in [0.05, 0.1) is 0 Å². The van der Waals surface area contributed by atoms with E-state index in [-0.39, 0.29) is 5.91 Å². The Morgan fingerprint density at radius 3 is 2.46 bits per heavy atom. The van der Waals surface area contributed by atoms with Crippen molar-refractivity contribution in [3.05, 3.63) is 35.4 Å². The number of nitrogens with one attached hydrogen (secondary N) is 2. The lowest BCUT2D eigenvalue weighted by atomic mass is 10.1. The maximum atomic E-state index is 12.3. The summed E-state index contributed by atoms with van der Waals surface area (Å²) in [6, 6.07) is 7.60. The minimum absolute atomic E-state index is 0.241. The summed E-state index contributed by atoms with van der Waals surface area (Å²) in [4.78, 5) is 26.5. The molecular formula is C22H37N3O3. The number of ether oxygens (including phenoxy) is 1. The van der Waals surface area contributed by atoms with Crippen LogP contribution in [0.25, 0.3) is 0 Å². The molecule has 1 atom stereocenters. The van der Waals surface area contributed by atoms with E-state index in [1.165, 1.54) is 18.4 Å². The molecule has 0 bridgehead atoms. The van der Waals surface area contributed by atoms with Crippen LogP contribution in [0, 0.1) is 0 Å². The molecule has 0 unspecified atom stereocenters. The minimum Gasteiger partial charge on any atom is -0.444 e. The van der Waals surface area contributed by atoms with Crippen molar-refractivity contribution in [2.75, 3.05) is 13.1 Å². The molecule has 2 amide bonds. The van der Waals surface area contributed by atoms with Gasteiger partial charge in [0, 0.05) is 13.1 Å². The highest BCUT2D eigenvalue weighted by Gasteiger charge is 2.20. The van der Waals surface area contributed by atoms with Gasteiger partial charge in [-0.05, 0) is 58.3 Å². The predicted octanol–water partition coefficient (Wildman–Crippen LogP) is 3.84. The van der Waals surface area contributed by atoms with Crippen LogP contribution in [0.15, 0.2) is 24.3 Å². The van der Waals surface area contributed by atoms with Crippen LogP contribution < -0.4 is 10.6 Å². The van der Waals surface area contributed by atoms with Crippen LogP contribution in [-0.4, -0.2) is 41.6 Å². The largest absolute Gasteiger partial charge is 0.444 e. The number of carbonyl (C=O) groups is 2. The zero-order valence-electron chi connectivity index (χ0n) is 18.3. The van der Waals surface area contributed by atoms with Crippen LogP contribution in [0.2, 0.25) is 0 Å². The van der Waals surface area contributed by atoms with Gasteiger partial charge in [-0.15, -0.1) is 0 Å². The Bertz CT molecular complexity index is 626. The zero-order chi connectivity index (χ0) is 21.2. The standard InChI is InChI=1S/C22H37N3O3/c1-7-9-13-25(8-2)16-19-12-10-11-18(14-19)15-23-20(26)17(3)24-21(27)28-22(4,5)6/h10-12,14,17H,7-9,13,15-16H2,1-6H3,(H,23,26)(H,24,27)/t17-/m1/s1. The number of rotatable bonds is 10. The topological polar surface area (TPSA) is 70.7 Å². The minimum atomic E-state index is -0.664. The van der Waals surface area contributed by atoms with Crippen molar-refractivity contribution < 1.29 is 14.3 Å². The molecule has 6 heteroatoms. The average Bonchev–Trinajstić information content (AvgIpc) is 2.61. The van der Waals surface area contributed by atoms with E-state index in [1.54, 1.807) is 27.7 Å². The molecule has 0 aliphatic heterocycles. The molecule has 28 heavy (non-hydrogen) atoms. The normalized spacial score (nSPS) is 12.5. The van der Waals surface area contributed by atoms with Gasteiger partial charge in [0.15, 0.2) is 0 Å². The Balaban J connectivity index is 2.53. The number of carbonyl (C=O) groups excluding carboxylic acids is 2. The SMILES string of the molecule is CCCCN(CC)Cc1cccc(CNC(=O)[C@@H](C)NC(=O)OC(C)(C)C)c1. The fourth-order valence-corrected chi connectivity index (χ4v) is 2.72. The van der Waals surface area contributed by atoms with Crippen molar-refractivity contribution in [2.45, 2.75) is 79.1 Å². The van der Waals surface area contributed by atoms with Gasteiger partial charge in [-0.1, -0.05) is 44.5 Å². The second-order valence-corrected chi connectivity index (χ2v) is 8.13. The third kappa shape index (κ3) is 9.74. The smallest absolute Gasteiger partial charge is 0.408 e. The molecule has 0 saturated carbocycles. The van der Waals surface area contributed by atoms with E-state index in [2.05, 4.69) is 41.5 Å². The second-order valence-electron chi connectivity index (χ2n) is 8.13. The van der Waals surface area contributed by atoms with E-state index < -0.39 is 17.7 Å². The molecule has 0 aliphatic carbocycles. The lowest BCUT2D eigenvalue weighted by molar-refractivity contribution is -0.122. The predicted molar refractivity (Wildman–Crippen MR) is 113 cm³/mol. The summed E-state index contributed by atoms with van der Waals surface area (Å²) in [6.45, 7) is 14.8. The highest BCUT2D eigenvalue weighted by Crippen LogP contribution is 2.10. The highest BCUT2D eigenvalue weighted by atomic mass is 16.6. The highest BCUT2D eigenvalue weighted by molar-refractivity contribution is 5.85. The number of hydrogen-bond acceptors (Lipinski definition) is 4. The van der Waals surface area contributed by atoms with Crippen LogP contribution in [0.5, 0.6) is 0 Å². The number of hydrogen-bond donors (Lipinski definition) is 2. The number of unbranched alkanes of at least 4 members (excludes halogenated alkanes) is 1. The Morgan fingerprint density at radius 1 is 1.18 bits per heavy atom.